The molecule has 16 heavy (non-hydrogen) atoms. The van der Waals surface area contributed by atoms with E-state index in [9.17, 15) is 5.11 Å². The van der Waals surface area contributed by atoms with Crippen LogP contribution in [-0.4, -0.2) is 20.5 Å². The second kappa shape index (κ2) is 5.04. The quantitative estimate of drug-likeness (QED) is 0.667. The lowest BCUT2D eigenvalue weighted by Gasteiger charge is -2.27. The maximum Gasteiger partial charge on any atom is 0.0842 e. The van der Waals surface area contributed by atoms with E-state index in [1.54, 1.807) is 0 Å². The van der Waals surface area contributed by atoms with Crippen molar-refractivity contribution < 1.29 is 5.11 Å². The molecule has 1 N–H and O–H groups in total. The molecule has 4 heteroatoms. The number of aliphatic hydroxyl groups is 1. The van der Waals surface area contributed by atoms with Crippen molar-refractivity contribution in [1.82, 2.24) is 9.78 Å². The highest BCUT2D eigenvalue weighted by molar-refractivity contribution is 14.1. The van der Waals surface area contributed by atoms with Crippen LogP contribution >= 0.6 is 22.6 Å². The second-order valence-corrected chi connectivity index (χ2v) is 6.04. The van der Waals surface area contributed by atoms with E-state index < -0.39 is 5.60 Å². The monoisotopic (exact) mass is 334 g/mol. The smallest absolute Gasteiger partial charge is 0.0842 e. The average Bonchev–Trinajstić information content (AvgIpc) is 2.47. The molecule has 0 radical (unpaired) electrons. The third kappa shape index (κ3) is 2.77. The Hall–Kier alpha value is -0.100. The van der Waals surface area contributed by atoms with Gasteiger partial charge in [0.25, 0.3) is 0 Å². The highest BCUT2D eigenvalue weighted by Crippen LogP contribution is 2.29. The van der Waals surface area contributed by atoms with E-state index in [1.165, 1.54) is 22.1 Å². The third-order valence-corrected chi connectivity index (χ3v) is 4.58. The Labute approximate surface area is 110 Å². The van der Waals surface area contributed by atoms with Gasteiger partial charge in [0, 0.05) is 5.69 Å². The lowest BCUT2D eigenvalue weighted by molar-refractivity contribution is 0.00440. The Kier molecular flexibility index (Phi) is 3.89. The molecule has 0 atom stereocenters. The van der Waals surface area contributed by atoms with E-state index in [4.69, 9.17) is 0 Å². The van der Waals surface area contributed by atoms with Crippen LogP contribution in [0.3, 0.4) is 0 Å². The summed E-state index contributed by atoms with van der Waals surface area (Å²) >= 11 is 2.29. The molecule has 1 aromatic rings. The molecule has 0 aromatic carbocycles. The van der Waals surface area contributed by atoms with Crippen LogP contribution in [0.5, 0.6) is 0 Å². The number of hydrogen-bond donors (Lipinski definition) is 1. The third-order valence-electron chi connectivity index (χ3n) is 3.52. The van der Waals surface area contributed by atoms with Gasteiger partial charge >= 0.3 is 0 Å². The highest BCUT2D eigenvalue weighted by Gasteiger charge is 2.29. The Morgan fingerprint density at radius 1 is 1.38 bits per heavy atom. The fourth-order valence-electron chi connectivity index (χ4n) is 2.41. The largest absolute Gasteiger partial charge is 0.388 e. The number of halogens is 1. The Bertz CT molecular complexity index is 354. The summed E-state index contributed by atoms with van der Waals surface area (Å²) in [5.41, 5.74) is 0.634. The molecule has 0 unspecified atom stereocenters. The standard InChI is InChI=1S/C12H19IN2O/c1-10-11(13)8-14-15(10)9-12(16)6-4-2-3-5-7-12/h8,16H,2-7,9H2,1H3. The summed E-state index contributed by atoms with van der Waals surface area (Å²) in [5.74, 6) is 0. The molecule has 1 fully saturated rings. The van der Waals surface area contributed by atoms with Crippen molar-refractivity contribution in [3.05, 3.63) is 15.5 Å². The maximum atomic E-state index is 10.6. The van der Waals surface area contributed by atoms with Crippen LogP contribution in [0.25, 0.3) is 0 Å². The van der Waals surface area contributed by atoms with Gasteiger partial charge < -0.3 is 5.11 Å². The van der Waals surface area contributed by atoms with Gasteiger partial charge in [-0.25, -0.2) is 0 Å². The topological polar surface area (TPSA) is 38.0 Å². The van der Waals surface area contributed by atoms with Crippen molar-refractivity contribution in [3.8, 4) is 0 Å². The first-order valence-corrected chi connectivity index (χ1v) is 7.09. The number of hydrogen-bond acceptors (Lipinski definition) is 2. The van der Waals surface area contributed by atoms with E-state index in [-0.39, 0.29) is 0 Å². The van der Waals surface area contributed by atoms with Gasteiger partial charge in [-0.3, -0.25) is 4.68 Å². The molecule has 2 rings (SSSR count). The molecule has 1 aliphatic rings. The summed E-state index contributed by atoms with van der Waals surface area (Å²) in [6, 6.07) is 0. The lowest BCUT2D eigenvalue weighted by atomic mass is 9.94. The van der Waals surface area contributed by atoms with Gasteiger partial charge in [-0.1, -0.05) is 25.7 Å². The first kappa shape index (κ1) is 12.4. The fraction of sp³-hybridized carbons (Fsp3) is 0.750. The summed E-state index contributed by atoms with van der Waals surface area (Å²) in [5, 5.41) is 14.9. The highest BCUT2D eigenvalue weighted by atomic mass is 127. The predicted molar refractivity (Wildman–Crippen MR) is 72.3 cm³/mol. The summed E-state index contributed by atoms with van der Waals surface area (Å²) in [6.45, 7) is 2.72. The van der Waals surface area contributed by atoms with E-state index in [0.717, 1.165) is 25.7 Å². The van der Waals surface area contributed by atoms with Crippen molar-refractivity contribution in [1.29, 1.82) is 0 Å². The van der Waals surface area contributed by atoms with E-state index >= 15 is 0 Å². The molecule has 1 saturated carbocycles. The van der Waals surface area contributed by atoms with Crippen LogP contribution in [0.1, 0.15) is 44.2 Å². The SMILES string of the molecule is Cc1c(I)cnn1CC1(O)CCCCCC1. The van der Waals surface area contributed by atoms with Crippen LogP contribution in [0, 0.1) is 10.5 Å². The number of aromatic nitrogens is 2. The molecule has 0 aliphatic heterocycles. The number of nitrogens with zero attached hydrogens (tertiary/aromatic N) is 2. The molecule has 1 heterocycles. The summed E-state index contributed by atoms with van der Waals surface area (Å²) < 4.78 is 3.13. The van der Waals surface area contributed by atoms with Crippen LogP contribution in [-0.2, 0) is 6.54 Å². The van der Waals surface area contributed by atoms with Gasteiger partial charge in [-0.05, 0) is 42.4 Å². The molecule has 0 saturated heterocycles. The van der Waals surface area contributed by atoms with Gasteiger partial charge in [0.05, 0.1) is 21.9 Å². The van der Waals surface area contributed by atoms with Crippen molar-refractivity contribution in [3.63, 3.8) is 0 Å². The van der Waals surface area contributed by atoms with Crippen LogP contribution in [0.2, 0.25) is 0 Å². The molecule has 0 amide bonds. The van der Waals surface area contributed by atoms with Crippen molar-refractivity contribution in [2.45, 2.75) is 57.6 Å². The predicted octanol–water partition coefficient (Wildman–Crippen LogP) is 2.88. The van der Waals surface area contributed by atoms with E-state index in [0.29, 0.717) is 6.54 Å². The molecule has 3 nitrogen and oxygen atoms in total. The van der Waals surface area contributed by atoms with Crippen molar-refractivity contribution in [2.24, 2.45) is 0 Å². The molecule has 0 bridgehead atoms. The normalized spacial score (nSPS) is 20.7. The summed E-state index contributed by atoms with van der Waals surface area (Å²) in [4.78, 5) is 0. The first-order chi connectivity index (χ1) is 7.61. The minimum absolute atomic E-state index is 0.531. The number of rotatable bonds is 2. The molecular formula is C12H19IN2O. The molecular weight excluding hydrogens is 315 g/mol. The summed E-state index contributed by atoms with van der Waals surface area (Å²) in [6.07, 6.45) is 8.53. The van der Waals surface area contributed by atoms with E-state index in [1.807, 2.05) is 10.9 Å². The fourth-order valence-corrected chi connectivity index (χ4v) is 2.81. The molecule has 90 valence electrons. The van der Waals surface area contributed by atoms with Gasteiger partial charge in [-0.2, -0.15) is 5.10 Å². The van der Waals surface area contributed by atoms with Gasteiger partial charge in [0.2, 0.25) is 0 Å². The van der Waals surface area contributed by atoms with Crippen LogP contribution in [0.4, 0.5) is 0 Å². The zero-order valence-electron chi connectivity index (χ0n) is 9.75. The van der Waals surface area contributed by atoms with Gasteiger partial charge in [0.1, 0.15) is 0 Å². The van der Waals surface area contributed by atoms with Gasteiger partial charge in [0.15, 0.2) is 0 Å². The Balaban J connectivity index is 2.10. The molecule has 1 aromatic heterocycles. The van der Waals surface area contributed by atoms with Gasteiger partial charge in [-0.15, -0.1) is 0 Å². The molecule has 1 aliphatic carbocycles. The summed E-state index contributed by atoms with van der Waals surface area (Å²) in [7, 11) is 0. The Morgan fingerprint density at radius 2 is 2.00 bits per heavy atom. The molecule has 0 spiro atoms. The maximum absolute atomic E-state index is 10.6. The van der Waals surface area contributed by atoms with Crippen LogP contribution < -0.4 is 0 Å². The minimum Gasteiger partial charge on any atom is -0.388 e. The zero-order chi connectivity index (χ0) is 11.6. The Morgan fingerprint density at radius 3 is 2.50 bits per heavy atom. The average molecular weight is 334 g/mol. The van der Waals surface area contributed by atoms with Crippen molar-refractivity contribution in [2.75, 3.05) is 0 Å². The minimum atomic E-state index is -0.531. The van der Waals surface area contributed by atoms with Crippen molar-refractivity contribution >= 4 is 22.6 Å². The first-order valence-electron chi connectivity index (χ1n) is 6.01. The van der Waals surface area contributed by atoms with E-state index in [2.05, 4.69) is 34.6 Å². The van der Waals surface area contributed by atoms with Crippen LogP contribution in [0.15, 0.2) is 6.20 Å². The zero-order valence-corrected chi connectivity index (χ0v) is 11.9. The second-order valence-electron chi connectivity index (χ2n) is 4.87. The lowest BCUT2D eigenvalue weighted by Crippen LogP contribution is -2.34.